The quantitative estimate of drug-likeness (QED) is 0.202. The third kappa shape index (κ3) is 8.39. The van der Waals surface area contributed by atoms with Gasteiger partial charge in [-0.3, -0.25) is 9.32 Å². The number of rotatable bonds is 9. The summed E-state index contributed by atoms with van der Waals surface area (Å²) in [6.45, 7) is 1.59. The van der Waals surface area contributed by atoms with E-state index in [-0.39, 0.29) is 31.6 Å². The van der Waals surface area contributed by atoms with E-state index >= 15 is 0 Å². The molecule has 2 aromatic carbocycles. The van der Waals surface area contributed by atoms with Crippen LogP contribution in [0.25, 0.3) is 0 Å². The highest BCUT2D eigenvalue weighted by molar-refractivity contribution is 7.46. The van der Waals surface area contributed by atoms with Gasteiger partial charge in [0.05, 0.1) is 23.4 Å². The molecule has 1 amide bonds. The average molecular weight is 598 g/mol. The van der Waals surface area contributed by atoms with Gasteiger partial charge in [-0.1, -0.05) is 48.7 Å². The predicted molar refractivity (Wildman–Crippen MR) is 146 cm³/mol. The van der Waals surface area contributed by atoms with Gasteiger partial charge in [-0.2, -0.15) is 13.2 Å². The molecule has 1 saturated carbocycles. The molecule has 0 aromatic heterocycles. The molecule has 13 heteroatoms. The minimum Gasteiger partial charge on any atom is -0.391 e. The number of alkyl halides is 3. The van der Waals surface area contributed by atoms with Crippen molar-refractivity contribution in [3.05, 3.63) is 70.3 Å². The van der Waals surface area contributed by atoms with E-state index in [1.807, 2.05) is 0 Å². The third-order valence-electron chi connectivity index (χ3n) is 7.64. The monoisotopic (exact) mass is 597 g/mol. The Kier molecular flexibility index (Phi) is 9.60. The van der Waals surface area contributed by atoms with Crippen molar-refractivity contribution in [2.75, 3.05) is 19.7 Å². The number of benzene rings is 2. The van der Waals surface area contributed by atoms with Gasteiger partial charge >= 0.3 is 14.0 Å². The van der Waals surface area contributed by atoms with Crippen LogP contribution in [0, 0.1) is 0 Å². The van der Waals surface area contributed by atoms with E-state index in [1.165, 1.54) is 4.90 Å². The topological polar surface area (TPSA) is 135 Å². The summed E-state index contributed by atoms with van der Waals surface area (Å²) in [5.41, 5.74) is 6.75. The fourth-order valence-electron chi connectivity index (χ4n) is 5.40. The maximum atomic E-state index is 13.8. The Bertz CT molecular complexity index is 1310. The highest BCUT2D eigenvalue weighted by atomic mass is 31.2. The highest BCUT2D eigenvalue weighted by Crippen LogP contribution is 2.41. The first-order valence-electron chi connectivity index (χ1n) is 13.5. The number of carbonyl (C=O) groups excluding carboxylic acids is 1. The molecule has 0 radical (unpaired) electrons. The number of hydrogen-bond donors (Lipinski definition) is 3. The van der Waals surface area contributed by atoms with Crippen molar-refractivity contribution in [3.63, 3.8) is 0 Å². The molecule has 224 valence electrons. The van der Waals surface area contributed by atoms with Gasteiger partial charge in [0.15, 0.2) is 0 Å². The van der Waals surface area contributed by atoms with E-state index in [1.54, 1.807) is 43.3 Å². The van der Waals surface area contributed by atoms with Crippen molar-refractivity contribution in [2.24, 2.45) is 10.9 Å². The number of nitrogens with two attached hydrogens (primary N) is 1. The van der Waals surface area contributed by atoms with E-state index in [4.69, 9.17) is 20.4 Å². The third-order valence-corrected chi connectivity index (χ3v) is 8.11. The van der Waals surface area contributed by atoms with E-state index in [0.29, 0.717) is 40.9 Å². The summed E-state index contributed by atoms with van der Waals surface area (Å²) in [5.74, 6) is -0.362. The number of carbonyl (C=O) groups is 1. The van der Waals surface area contributed by atoms with Crippen LogP contribution in [0.1, 0.15) is 84.0 Å². The number of nitrogens with zero attached hydrogens (tertiary/aromatic N) is 2. The SMILES string of the molecule is C/C(=N\OCc1ccc(C2CCCCC2)c(C(F)(F)F)c1)c1ccc(C(=O)N2CC[C@](N)(COP(=O)(O)O)C2)cc1. The van der Waals surface area contributed by atoms with Gasteiger partial charge in [0.2, 0.25) is 0 Å². The number of oxime groups is 1. The standard InChI is InChI=1S/C28H35F3N3O6P/c1-19(33-39-16-20-7-12-24(22-5-3-2-4-6-22)25(15-20)28(29,30)31)21-8-10-23(11-9-21)26(35)34-14-13-27(32,17-34)18-40-41(36,37)38/h7-12,15,22H,2-6,13-14,16-18,32H2,1H3,(H2,36,37,38)/b33-19+/t27-/m1/s1. The number of phosphoric ester groups is 1. The lowest BCUT2D eigenvalue weighted by atomic mass is 9.81. The largest absolute Gasteiger partial charge is 0.469 e. The highest BCUT2D eigenvalue weighted by Gasteiger charge is 2.39. The minimum atomic E-state index is -4.67. The van der Waals surface area contributed by atoms with E-state index in [2.05, 4.69) is 9.68 Å². The molecule has 2 aromatic rings. The van der Waals surface area contributed by atoms with Crippen LogP contribution in [0.4, 0.5) is 13.2 Å². The maximum Gasteiger partial charge on any atom is 0.469 e. The molecule has 0 spiro atoms. The first-order chi connectivity index (χ1) is 19.2. The van der Waals surface area contributed by atoms with Crippen LogP contribution in [0.15, 0.2) is 47.6 Å². The molecule has 1 saturated heterocycles. The van der Waals surface area contributed by atoms with Crippen molar-refractivity contribution < 1.29 is 41.7 Å². The molecule has 0 unspecified atom stereocenters. The van der Waals surface area contributed by atoms with Crippen LogP contribution in [0.2, 0.25) is 0 Å². The van der Waals surface area contributed by atoms with Gasteiger partial charge in [0, 0.05) is 18.7 Å². The van der Waals surface area contributed by atoms with Gasteiger partial charge < -0.3 is 25.3 Å². The van der Waals surface area contributed by atoms with Crippen LogP contribution in [-0.2, 0) is 26.7 Å². The normalized spacial score (nSPS) is 20.9. The van der Waals surface area contributed by atoms with Crippen LogP contribution in [-0.4, -0.2) is 51.5 Å². The summed E-state index contributed by atoms with van der Waals surface area (Å²) in [6.07, 6.45) is 0.374. The van der Waals surface area contributed by atoms with Crippen LogP contribution in [0.5, 0.6) is 0 Å². The van der Waals surface area contributed by atoms with Gasteiger partial charge in [-0.05, 0) is 67.0 Å². The van der Waals surface area contributed by atoms with Crippen molar-refractivity contribution in [1.82, 2.24) is 4.90 Å². The molecular weight excluding hydrogens is 562 g/mol. The molecule has 9 nitrogen and oxygen atoms in total. The smallest absolute Gasteiger partial charge is 0.391 e. The fraction of sp³-hybridized carbons (Fsp3) is 0.500. The summed E-state index contributed by atoms with van der Waals surface area (Å²) in [5, 5.41) is 4.05. The first-order valence-corrected chi connectivity index (χ1v) is 15.0. The van der Waals surface area contributed by atoms with Gasteiger partial charge in [-0.25, -0.2) is 4.57 Å². The summed E-state index contributed by atoms with van der Waals surface area (Å²) >= 11 is 0. The van der Waals surface area contributed by atoms with E-state index in [0.717, 1.165) is 38.2 Å². The first kappa shape index (κ1) is 31.2. The zero-order chi connectivity index (χ0) is 29.8. The molecule has 4 N–H and O–H groups in total. The second kappa shape index (κ2) is 12.6. The molecule has 1 atom stereocenters. The Balaban J connectivity index is 1.35. The molecule has 1 aliphatic heterocycles. The second-order valence-electron chi connectivity index (χ2n) is 10.9. The van der Waals surface area contributed by atoms with Crippen LogP contribution < -0.4 is 5.73 Å². The Hall–Kier alpha value is -2.76. The van der Waals surface area contributed by atoms with E-state index in [9.17, 15) is 22.5 Å². The summed E-state index contributed by atoms with van der Waals surface area (Å²) < 4.78 is 57.0. The number of likely N-dealkylation sites (tertiary alicyclic amines) is 1. The molecular formula is C28H35F3N3O6P. The number of hydrogen-bond acceptors (Lipinski definition) is 6. The van der Waals surface area contributed by atoms with Crippen molar-refractivity contribution in [1.29, 1.82) is 0 Å². The van der Waals surface area contributed by atoms with Crippen molar-refractivity contribution >= 4 is 19.4 Å². The van der Waals surface area contributed by atoms with Gasteiger partial charge in [0.25, 0.3) is 5.91 Å². The summed E-state index contributed by atoms with van der Waals surface area (Å²) in [6, 6.07) is 11.0. The van der Waals surface area contributed by atoms with Crippen molar-refractivity contribution in [2.45, 2.75) is 69.7 Å². The summed E-state index contributed by atoms with van der Waals surface area (Å²) in [4.78, 5) is 37.6. The predicted octanol–water partition coefficient (Wildman–Crippen LogP) is 5.35. The molecule has 0 bridgehead atoms. The van der Waals surface area contributed by atoms with Crippen molar-refractivity contribution in [3.8, 4) is 0 Å². The summed E-state index contributed by atoms with van der Waals surface area (Å²) in [7, 11) is -4.67. The van der Waals surface area contributed by atoms with Gasteiger partial charge in [-0.15, -0.1) is 0 Å². The second-order valence-corrected chi connectivity index (χ2v) is 12.1. The number of phosphoric acid groups is 1. The number of halogens is 3. The lowest BCUT2D eigenvalue weighted by molar-refractivity contribution is -0.138. The maximum absolute atomic E-state index is 13.8. The molecule has 4 rings (SSSR count). The lowest BCUT2D eigenvalue weighted by Crippen LogP contribution is -2.47. The molecule has 2 fully saturated rings. The van der Waals surface area contributed by atoms with Crippen LogP contribution >= 0.6 is 7.82 Å². The van der Waals surface area contributed by atoms with Crippen LogP contribution in [0.3, 0.4) is 0 Å². The fourth-order valence-corrected chi connectivity index (χ4v) is 5.83. The Morgan fingerprint density at radius 1 is 1.12 bits per heavy atom. The molecule has 41 heavy (non-hydrogen) atoms. The molecule has 1 heterocycles. The zero-order valence-electron chi connectivity index (χ0n) is 22.8. The number of amides is 1. The van der Waals surface area contributed by atoms with E-state index < -0.39 is 25.1 Å². The average Bonchev–Trinajstić information content (AvgIpc) is 3.33. The zero-order valence-corrected chi connectivity index (χ0v) is 23.7. The minimum absolute atomic E-state index is 0.0735. The molecule has 1 aliphatic carbocycles. The molecule has 2 aliphatic rings. The Labute approximate surface area is 236 Å². The lowest BCUT2D eigenvalue weighted by Gasteiger charge is -2.25. The van der Waals surface area contributed by atoms with Gasteiger partial charge in [0.1, 0.15) is 6.61 Å². The Morgan fingerprint density at radius 2 is 1.78 bits per heavy atom. The Morgan fingerprint density at radius 3 is 2.41 bits per heavy atom.